The molecule has 1 aliphatic heterocycles. The lowest BCUT2D eigenvalue weighted by molar-refractivity contribution is -0.130. The Morgan fingerprint density at radius 3 is 3.25 bits per heavy atom. The van der Waals surface area contributed by atoms with Gasteiger partial charge in [-0.25, -0.2) is 4.79 Å². The van der Waals surface area contributed by atoms with E-state index in [-0.39, 0.29) is 0 Å². The molecule has 62 valence electrons. The Bertz CT molecular complexity index is 352. The summed E-state index contributed by atoms with van der Waals surface area (Å²) in [7, 11) is 0. The summed E-state index contributed by atoms with van der Waals surface area (Å²) in [5, 5.41) is 11.7. The zero-order valence-electron chi connectivity index (χ0n) is 6.32. The molecule has 12 heavy (non-hydrogen) atoms. The number of carboxylic acids is 1. The minimum atomic E-state index is -0.901. The minimum Gasteiger partial charge on any atom is -0.478 e. The number of aromatic nitrogens is 1. The van der Waals surface area contributed by atoms with Crippen LogP contribution in [0.1, 0.15) is 5.69 Å². The molecule has 2 N–H and O–H groups in total. The van der Waals surface area contributed by atoms with Crippen LogP contribution in [-0.4, -0.2) is 15.6 Å². The minimum absolute atomic E-state index is 0.311. The number of hydrogen-bond acceptors (Lipinski definition) is 2. The van der Waals surface area contributed by atoms with E-state index in [1.807, 2.05) is 16.8 Å². The van der Waals surface area contributed by atoms with Crippen molar-refractivity contribution in [3.8, 4) is 0 Å². The van der Waals surface area contributed by atoms with Gasteiger partial charge in [0.2, 0.25) is 0 Å². The predicted molar refractivity (Wildman–Crippen MR) is 43.2 cm³/mol. The lowest BCUT2D eigenvalue weighted by Crippen LogP contribution is -2.21. The molecule has 2 rings (SSSR count). The average molecular weight is 164 g/mol. The van der Waals surface area contributed by atoms with Crippen molar-refractivity contribution in [3.05, 3.63) is 30.2 Å². The molecule has 1 aliphatic rings. The Balaban J connectivity index is 2.50. The van der Waals surface area contributed by atoms with Crippen molar-refractivity contribution in [2.45, 2.75) is 6.67 Å². The number of rotatable bonds is 1. The number of carbonyl (C=O) groups is 1. The fourth-order valence-electron chi connectivity index (χ4n) is 1.29. The highest BCUT2D eigenvalue weighted by Gasteiger charge is 2.16. The molecule has 0 atom stereocenters. The second-order valence-corrected chi connectivity index (χ2v) is 2.59. The molecule has 0 saturated carbocycles. The van der Waals surface area contributed by atoms with Gasteiger partial charge in [-0.05, 0) is 12.1 Å². The van der Waals surface area contributed by atoms with Gasteiger partial charge in [-0.1, -0.05) is 0 Å². The molecule has 0 fully saturated rings. The van der Waals surface area contributed by atoms with Crippen LogP contribution in [-0.2, 0) is 11.5 Å². The van der Waals surface area contributed by atoms with Gasteiger partial charge < -0.3 is 15.0 Å². The first-order chi connectivity index (χ1) is 5.79. The van der Waals surface area contributed by atoms with E-state index in [9.17, 15) is 4.79 Å². The summed E-state index contributed by atoms with van der Waals surface area (Å²) in [4.78, 5) is 10.7. The van der Waals surface area contributed by atoms with E-state index in [0.717, 1.165) is 5.69 Å². The molecular formula is C8H8N2O2. The van der Waals surface area contributed by atoms with Crippen LogP contribution >= 0.6 is 0 Å². The molecule has 4 nitrogen and oxygen atoms in total. The second kappa shape index (κ2) is 2.41. The summed E-state index contributed by atoms with van der Waals surface area (Å²) in [6.45, 7) is 0.638. The highest BCUT2D eigenvalue weighted by atomic mass is 16.4. The smallest absolute Gasteiger partial charge is 0.339 e. The van der Waals surface area contributed by atoms with Gasteiger partial charge in [0.05, 0.1) is 17.9 Å². The highest BCUT2D eigenvalue weighted by Crippen LogP contribution is 2.17. The zero-order valence-corrected chi connectivity index (χ0v) is 6.32. The van der Waals surface area contributed by atoms with Gasteiger partial charge in [0, 0.05) is 12.4 Å². The van der Waals surface area contributed by atoms with E-state index in [2.05, 4.69) is 5.32 Å². The summed E-state index contributed by atoms with van der Waals surface area (Å²) in [5.74, 6) is -0.901. The van der Waals surface area contributed by atoms with E-state index < -0.39 is 5.97 Å². The zero-order chi connectivity index (χ0) is 8.55. The van der Waals surface area contributed by atoms with Crippen LogP contribution < -0.4 is 5.32 Å². The number of nitrogens with zero attached hydrogens (tertiary/aromatic N) is 1. The molecule has 0 amide bonds. The third-order valence-electron chi connectivity index (χ3n) is 1.84. The number of carboxylic acid groups (broad SMARTS) is 1. The van der Waals surface area contributed by atoms with Crippen molar-refractivity contribution in [1.82, 2.24) is 9.88 Å². The molecular weight excluding hydrogens is 156 g/mol. The number of nitrogens with one attached hydrogen (secondary N) is 1. The number of fused-ring (bicyclic) bond motifs is 1. The summed E-state index contributed by atoms with van der Waals surface area (Å²) < 4.78 is 1.85. The molecule has 1 aromatic heterocycles. The summed E-state index contributed by atoms with van der Waals surface area (Å²) >= 11 is 0. The molecule has 0 bridgehead atoms. The largest absolute Gasteiger partial charge is 0.478 e. The summed E-state index contributed by atoms with van der Waals surface area (Å²) in [6, 6.07) is 3.62. The molecule has 2 heterocycles. The van der Waals surface area contributed by atoms with Crippen LogP contribution in [0.5, 0.6) is 0 Å². The lowest BCUT2D eigenvalue weighted by atomic mass is 10.2. The lowest BCUT2D eigenvalue weighted by Gasteiger charge is -2.15. The molecule has 0 radical (unpaired) electrons. The highest BCUT2D eigenvalue weighted by molar-refractivity contribution is 6.14. The first-order valence-corrected chi connectivity index (χ1v) is 3.61. The molecule has 0 unspecified atom stereocenters. The third-order valence-corrected chi connectivity index (χ3v) is 1.84. The van der Waals surface area contributed by atoms with Crippen molar-refractivity contribution >= 4 is 11.5 Å². The maximum atomic E-state index is 10.7. The molecule has 0 aromatic carbocycles. The van der Waals surface area contributed by atoms with E-state index in [0.29, 0.717) is 12.2 Å². The van der Waals surface area contributed by atoms with Crippen molar-refractivity contribution in [2.24, 2.45) is 0 Å². The maximum Gasteiger partial charge on any atom is 0.339 e. The van der Waals surface area contributed by atoms with E-state index in [4.69, 9.17) is 5.11 Å². The summed E-state index contributed by atoms with van der Waals surface area (Å²) in [5.41, 5.74) is 1.06. The van der Waals surface area contributed by atoms with Gasteiger partial charge in [0.15, 0.2) is 0 Å². The van der Waals surface area contributed by atoms with Crippen LogP contribution in [0.4, 0.5) is 0 Å². The fraction of sp³-hybridized carbons (Fsp3) is 0.125. The standard InChI is InChI=1S/C8H8N2O2/c11-8(12)6-4-9-5-10-3-1-2-7(6)10/h1-4,9H,5H2,(H,11,12). The second-order valence-electron chi connectivity index (χ2n) is 2.59. The van der Waals surface area contributed by atoms with Gasteiger partial charge in [-0.3, -0.25) is 0 Å². The van der Waals surface area contributed by atoms with Crippen molar-refractivity contribution in [2.75, 3.05) is 0 Å². The topological polar surface area (TPSA) is 54.3 Å². The monoisotopic (exact) mass is 164 g/mol. The summed E-state index contributed by atoms with van der Waals surface area (Å²) in [6.07, 6.45) is 3.37. The van der Waals surface area contributed by atoms with Crippen molar-refractivity contribution in [1.29, 1.82) is 0 Å². The maximum absolute atomic E-state index is 10.7. The Morgan fingerprint density at radius 2 is 2.50 bits per heavy atom. The quantitative estimate of drug-likeness (QED) is 0.634. The Kier molecular flexibility index (Phi) is 1.40. The number of aliphatic carboxylic acids is 1. The first-order valence-electron chi connectivity index (χ1n) is 3.61. The number of hydrogen-bond donors (Lipinski definition) is 2. The van der Waals surface area contributed by atoms with E-state index in [1.165, 1.54) is 6.20 Å². The van der Waals surface area contributed by atoms with Crippen LogP contribution in [0.2, 0.25) is 0 Å². The van der Waals surface area contributed by atoms with E-state index in [1.54, 1.807) is 6.07 Å². The van der Waals surface area contributed by atoms with Crippen LogP contribution in [0.3, 0.4) is 0 Å². The van der Waals surface area contributed by atoms with Gasteiger partial charge in [0.1, 0.15) is 0 Å². The average Bonchev–Trinajstić information content (AvgIpc) is 2.49. The van der Waals surface area contributed by atoms with Crippen molar-refractivity contribution in [3.63, 3.8) is 0 Å². The van der Waals surface area contributed by atoms with Gasteiger partial charge in [0.25, 0.3) is 0 Å². The van der Waals surface area contributed by atoms with Crippen molar-refractivity contribution < 1.29 is 9.90 Å². The van der Waals surface area contributed by atoms with Crippen LogP contribution in [0.25, 0.3) is 5.57 Å². The SMILES string of the molecule is O=C(O)C1=CNCn2cccc21. The normalized spacial score (nSPS) is 14.5. The molecule has 0 spiro atoms. The molecule has 0 saturated heterocycles. The van der Waals surface area contributed by atoms with Crippen LogP contribution in [0.15, 0.2) is 24.5 Å². The first kappa shape index (κ1) is 6.97. The Morgan fingerprint density at radius 1 is 1.67 bits per heavy atom. The molecule has 1 aromatic rings. The van der Waals surface area contributed by atoms with E-state index >= 15 is 0 Å². The Labute approximate surface area is 69.1 Å². The van der Waals surface area contributed by atoms with Gasteiger partial charge in [-0.2, -0.15) is 0 Å². The fourth-order valence-corrected chi connectivity index (χ4v) is 1.29. The molecule has 0 aliphatic carbocycles. The van der Waals surface area contributed by atoms with Gasteiger partial charge in [-0.15, -0.1) is 0 Å². The van der Waals surface area contributed by atoms with Crippen LogP contribution in [0, 0.1) is 0 Å². The molecule has 4 heteroatoms. The predicted octanol–water partition coefficient (Wildman–Crippen LogP) is 0.474. The van der Waals surface area contributed by atoms with Gasteiger partial charge >= 0.3 is 5.97 Å². The third kappa shape index (κ3) is 0.887. The Hall–Kier alpha value is -1.71.